The molecule has 0 aliphatic carbocycles. The van der Waals surface area contributed by atoms with E-state index in [4.69, 9.17) is 0 Å². The third-order valence-electron chi connectivity index (χ3n) is 3.09. The number of fused-ring (bicyclic) bond motifs is 1. The Balaban J connectivity index is 1.97. The Kier molecular flexibility index (Phi) is 3.47. The minimum atomic E-state index is -0.831. The van der Waals surface area contributed by atoms with Crippen LogP contribution in [-0.2, 0) is 0 Å². The minimum absolute atomic E-state index is 0.0808. The number of H-pyrrole nitrogens is 1. The second-order valence-electron chi connectivity index (χ2n) is 4.45. The lowest BCUT2D eigenvalue weighted by molar-refractivity contribution is 0.102. The van der Waals surface area contributed by atoms with Crippen LogP contribution in [0.25, 0.3) is 10.9 Å². The van der Waals surface area contributed by atoms with Crippen molar-refractivity contribution in [1.29, 1.82) is 0 Å². The SMILES string of the molecule is O=C(Nc1cc(Br)c(F)cc1F)c1cccc2cc[nH]c12. The van der Waals surface area contributed by atoms with Crippen molar-refractivity contribution >= 4 is 38.4 Å². The number of aromatic nitrogens is 1. The van der Waals surface area contributed by atoms with Crippen LogP contribution in [0.4, 0.5) is 14.5 Å². The molecule has 0 fully saturated rings. The fourth-order valence-corrected chi connectivity index (χ4v) is 2.43. The molecule has 0 radical (unpaired) electrons. The van der Waals surface area contributed by atoms with Crippen molar-refractivity contribution in [1.82, 2.24) is 4.98 Å². The molecule has 0 bridgehead atoms. The molecule has 3 rings (SSSR count). The van der Waals surface area contributed by atoms with Gasteiger partial charge in [0.1, 0.15) is 11.6 Å². The van der Waals surface area contributed by atoms with Crippen LogP contribution in [0.15, 0.2) is 47.1 Å². The largest absolute Gasteiger partial charge is 0.361 e. The lowest BCUT2D eigenvalue weighted by atomic mass is 10.1. The van der Waals surface area contributed by atoms with E-state index in [1.54, 1.807) is 18.3 Å². The van der Waals surface area contributed by atoms with Crippen molar-refractivity contribution in [3.8, 4) is 0 Å². The summed E-state index contributed by atoms with van der Waals surface area (Å²) in [6.07, 6.45) is 1.72. The molecular formula is C15H9BrF2N2O. The van der Waals surface area contributed by atoms with E-state index in [-0.39, 0.29) is 10.2 Å². The van der Waals surface area contributed by atoms with Gasteiger partial charge in [-0.25, -0.2) is 8.78 Å². The standard InChI is InChI=1S/C15H9BrF2N2O/c16-10-6-13(12(18)7-11(10)17)20-15(21)9-3-1-2-8-4-5-19-14(8)9/h1-7,19H,(H,20,21). The number of rotatable bonds is 2. The Labute approximate surface area is 127 Å². The van der Waals surface area contributed by atoms with E-state index in [0.29, 0.717) is 11.1 Å². The first-order chi connectivity index (χ1) is 10.1. The number of carbonyl (C=O) groups is 1. The predicted octanol–water partition coefficient (Wildman–Crippen LogP) is 4.46. The molecule has 6 heteroatoms. The van der Waals surface area contributed by atoms with Gasteiger partial charge in [0.15, 0.2) is 0 Å². The van der Waals surface area contributed by atoms with E-state index in [9.17, 15) is 13.6 Å². The molecule has 2 aromatic carbocycles. The van der Waals surface area contributed by atoms with Crippen LogP contribution in [0.2, 0.25) is 0 Å². The summed E-state index contributed by atoms with van der Waals surface area (Å²) < 4.78 is 26.9. The summed E-state index contributed by atoms with van der Waals surface area (Å²) in [5, 5.41) is 3.32. The minimum Gasteiger partial charge on any atom is -0.361 e. The maximum Gasteiger partial charge on any atom is 0.257 e. The van der Waals surface area contributed by atoms with Gasteiger partial charge in [0, 0.05) is 17.6 Å². The average Bonchev–Trinajstić information content (AvgIpc) is 2.92. The van der Waals surface area contributed by atoms with E-state index < -0.39 is 17.5 Å². The van der Waals surface area contributed by atoms with Crippen molar-refractivity contribution in [2.24, 2.45) is 0 Å². The summed E-state index contributed by atoms with van der Waals surface area (Å²) >= 11 is 2.96. The smallest absolute Gasteiger partial charge is 0.257 e. The van der Waals surface area contributed by atoms with E-state index >= 15 is 0 Å². The third-order valence-corrected chi connectivity index (χ3v) is 3.70. The topological polar surface area (TPSA) is 44.9 Å². The van der Waals surface area contributed by atoms with Gasteiger partial charge < -0.3 is 10.3 Å². The summed E-state index contributed by atoms with van der Waals surface area (Å²) in [5.41, 5.74) is 0.964. The molecule has 0 atom stereocenters. The number of hydrogen-bond donors (Lipinski definition) is 2. The number of anilines is 1. The van der Waals surface area contributed by atoms with E-state index in [0.717, 1.165) is 11.5 Å². The first kappa shape index (κ1) is 13.8. The van der Waals surface area contributed by atoms with Crippen molar-refractivity contribution in [3.63, 3.8) is 0 Å². The molecule has 1 aromatic heterocycles. The average molecular weight is 351 g/mol. The molecular weight excluding hydrogens is 342 g/mol. The first-order valence-electron chi connectivity index (χ1n) is 6.08. The molecule has 0 aliphatic heterocycles. The van der Waals surface area contributed by atoms with Crippen molar-refractivity contribution in [2.45, 2.75) is 0 Å². The molecule has 106 valence electrons. The normalized spacial score (nSPS) is 10.8. The molecule has 0 saturated heterocycles. The second-order valence-corrected chi connectivity index (χ2v) is 5.30. The predicted molar refractivity (Wildman–Crippen MR) is 80.3 cm³/mol. The van der Waals surface area contributed by atoms with Crippen LogP contribution in [0.5, 0.6) is 0 Å². The van der Waals surface area contributed by atoms with Gasteiger partial charge in [-0.05, 0) is 34.1 Å². The Morgan fingerprint density at radius 1 is 1.14 bits per heavy atom. The maximum atomic E-state index is 13.7. The van der Waals surface area contributed by atoms with Gasteiger partial charge in [-0.2, -0.15) is 0 Å². The monoisotopic (exact) mass is 350 g/mol. The lowest BCUT2D eigenvalue weighted by Gasteiger charge is -2.08. The van der Waals surface area contributed by atoms with E-state index in [1.807, 2.05) is 12.1 Å². The zero-order valence-corrected chi connectivity index (χ0v) is 12.2. The van der Waals surface area contributed by atoms with Gasteiger partial charge in [0.05, 0.1) is 21.2 Å². The van der Waals surface area contributed by atoms with Crippen LogP contribution in [0.1, 0.15) is 10.4 Å². The van der Waals surface area contributed by atoms with Gasteiger partial charge in [-0.3, -0.25) is 4.79 Å². The highest BCUT2D eigenvalue weighted by atomic mass is 79.9. The molecule has 2 N–H and O–H groups in total. The molecule has 0 saturated carbocycles. The third kappa shape index (κ3) is 2.54. The molecule has 0 spiro atoms. The number of carbonyl (C=O) groups excluding carboxylic acids is 1. The van der Waals surface area contributed by atoms with Gasteiger partial charge in [0.25, 0.3) is 5.91 Å². The number of halogens is 3. The number of para-hydroxylation sites is 1. The quantitative estimate of drug-likeness (QED) is 0.658. The molecule has 1 amide bonds. The van der Waals surface area contributed by atoms with Gasteiger partial charge in [-0.1, -0.05) is 12.1 Å². The lowest BCUT2D eigenvalue weighted by Crippen LogP contribution is -2.13. The Bertz CT molecular complexity index is 845. The van der Waals surface area contributed by atoms with E-state index in [1.165, 1.54) is 6.07 Å². The zero-order chi connectivity index (χ0) is 15.0. The molecule has 3 nitrogen and oxygen atoms in total. The second kappa shape index (κ2) is 5.29. The Morgan fingerprint density at radius 2 is 1.95 bits per heavy atom. The molecule has 1 heterocycles. The highest BCUT2D eigenvalue weighted by Crippen LogP contribution is 2.25. The summed E-state index contributed by atoms with van der Waals surface area (Å²) in [6.45, 7) is 0. The highest BCUT2D eigenvalue weighted by molar-refractivity contribution is 9.10. The first-order valence-corrected chi connectivity index (χ1v) is 6.87. The Morgan fingerprint density at radius 3 is 2.76 bits per heavy atom. The van der Waals surface area contributed by atoms with Crippen LogP contribution < -0.4 is 5.32 Å². The number of amides is 1. The van der Waals surface area contributed by atoms with E-state index in [2.05, 4.69) is 26.2 Å². The fraction of sp³-hybridized carbons (Fsp3) is 0. The molecule has 0 aliphatic rings. The summed E-state index contributed by atoms with van der Waals surface area (Å²) in [7, 11) is 0. The number of nitrogens with one attached hydrogen (secondary N) is 2. The molecule has 3 aromatic rings. The van der Waals surface area contributed by atoms with Crippen LogP contribution in [-0.4, -0.2) is 10.9 Å². The van der Waals surface area contributed by atoms with Gasteiger partial charge in [-0.15, -0.1) is 0 Å². The van der Waals surface area contributed by atoms with Gasteiger partial charge in [0.2, 0.25) is 0 Å². The highest BCUT2D eigenvalue weighted by Gasteiger charge is 2.14. The Hall–Kier alpha value is -2.21. The summed E-state index contributed by atoms with van der Waals surface area (Å²) in [6, 6.07) is 8.97. The number of hydrogen-bond acceptors (Lipinski definition) is 1. The fourth-order valence-electron chi connectivity index (χ4n) is 2.08. The van der Waals surface area contributed by atoms with Crippen LogP contribution in [0, 0.1) is 11.6 Å². The van der Waals surface area contributed by atoms with Crippen molar-refractivity contribution in [2.75, 3.05) is 5.32 Å². The molecule has 21 heavy (non-hydrogen) atoms. The number of aromatic amines is 1. The van der Waals surface area contributed by atoms with Crippen molar-refractivity contribution in [3.05, 3.63) is 64.3 Å². The number of benzene rings is 2. The van der Waals surface area contributed by atoms with Gasteiger partial charge >= 0.3 is 0 Å². The summed E-state index contributed by atoms with van der Waals surface area (Å²) in [4.78, 5) is 15.2. The van der Waals surface area contributed by atoms with Crippen LogP contribution in [0.3, 0.4) is 0 Å². The summed E-state index contributed by atoms with van der Waals surface area (Å²) in [5.74, 6) is -2.03. The van der Waals surface area contributed by atoms with Crippen LogP contribution >= 0.6 is 15.9 Å². The maximum absolute atomic E-state index is 13.7. The van der Waals surface area contributed by atoms with Crippen molar-refractivity contribution < 1.29 is 13.6 Å². The molecule has 0 unspecified atom stereocenters. The zero-order valence-electron chi connectivity index (χ0n) is 10.6.